The van der Waals surface area contributed by atoms with E-state index in [1.54, 1.807) is 0 Å². The van der Waals surface area contributed by atoms with Gasteiger partial charge in [0.25, 0.3) is 0 Å². The maximum absolute atomic E-state index is 5.68. The average Bonchev–Trinajstić information content (AvgIpc) is 2.47. The molecule has 1 aliphatic rings. The fraction of sp³-hybridized carbons (Fsp3) is 0.438. The van der Waals surface area contributed by atoms with Crippen molar-refractivity contribution in [1.29, 1.82) is 0 Å². The van der Waals surface area contributed by atoms with Crippen LogP contribution in [0.15, 0.2) is 36.4 Å². The summed E-state index contributed by atoms with van der Waals surface area (Å²) in [5, 5.41) is 1.21. The molecule has 0 saturated carbocycles. The summed E-state index contributed by atoms with van der Waals surface area (Å²) in [5.41, 5.74) is 6.77. The van der Waals surface area contributed by atoms with E-state index in [9.17, 15) is 0 Å². The normalized spacial score (nSPS) is 19.8. The van der Waals surface area contributed by atoms with Gasteiger partial charge in [-0.1, -0.05) is 18.2 Å². The number of para-hydroxylation sites is 1. The molecular formula is C16H21N3. The van der Waals surface area contributed by atoms with E-state index in [1.165, 1.54) is 18.2 Å². The number of nitrogens with zero attached hydrogens (tertiary/aromatic N) is 2. The first kappa shape index (κ1) is 12.4. The van der Waals surface area contributed by atoms with Crippen LogP contribution in [0.5, 0.6) is 0 Å². The lowest BCUT2D eigenvalue weighted by Gasteiger charge is -2.33. The molecular weight excluding hydrogens is 234 g/mol. The maximum atomic E-state index is 5.68. The summed E-state index contributed by atoms with van der Waals surface area (Å²) in [6.45, 7) is 3.01. The second-order valence-corrected chi connectivity index (χ2v) is 5.39. The lowest BCUT2D eigenvalue weighted by Crippen LogP contribution is -2.36. The predicted octanol–water partition coefficient (Wildman–Crippen LogP) is 2.80. The minimum Gasteiger partial charge on any atom is -0.356 e. The highest BCUT2D eigenvalue weighted by Gasteiger charge is 2.20. The van der Waals surface area contributed by atoms with E-state index in [0.29, 0.717) is 0 Å². The van der Waals surface area contributed by atoms with E-state index in [4.69, 9.17) is 10.7 Å². The zero-order valence-electron chi connectivity index (χ0n) is 11.3. The molecule has 0 spiro atoms. The van der Waals surface area contributed by atoms with Gasteiger partial charge in [-0.05, 0) is 49.9 Å². The number of aromatic nitrogens is 1. The molecule has 2 N–H and O–H groups in total. The summed E-state index contributed by atoms with van der Waals surface area (Å²) in [6, 6.07) is 12.6. The van der Waals surface area contributed by atoms with Crippen LogP contribution in [0, 0.1) is 5.92 Å². The summed E-state index contributed by atoms with van der Waals surface area (Å²) in [7, 11) is 0. The number of benzene rings is 1. The Morgan fingerprint density at radius 2 is 2.11 bits per heavy atom. The first-order valence-corrected chi connectivity index (χ1v) is 7.17. The molecule has 19 heavy (non-hydrogen) atoms. The molecule has 1 saturated heterocycles. The van der Waals surface area contributed by atoms with Gasteiger partial charge in [0.1, 0.15) is 5.82 Å². The number of rotatable bonds is 3. The van der Waals surface area contributed by atoms with Crippen LogP contribution in [0.4, 0.5) is 5.82 Å². The summed E-state index contributed by atoms with van der Waals surface area (Å²) < 4.78 is 0. The van der Waals surface area contributed by atoms with Gasteiger partial charge >= 0.3 is 0 Å². The minimum absolute atomic E-state index is 0.729. The predicted molar refractivity (Wildman–Crippen MR) is 80.4 cm³/mol. The summed E-state index contributed by atoms with van der Waals surface area (Å²) >= 11 is 0. The molecule has 2 aromatic rings. The highest BCUT2D eigenvalue weighted by atomic mass is 15.2. The number of hydrogen-bond donors (Lipinski definition) is 1. The van der Waals surface area contributed by atoms with Crippen molar-refractivity contribution in [1.82, 2.24) is 4.98 Å². The topological polar surface area (TPSA) is 42.1 Å². The Morgan fingerprint density at radius 1 is 1.21 bits per heavy atom. The number of anilines is 1. The van der Waals surface area contributed by atoms with E-state index in [0.717, 1.165) is 43.3 Å². The van der Waals surface area contributed by atoms with E-state index in [2.05, 4.69) is 35.2 Å². The van der Waals surface area contributed by atoms with Crippen LogP contribution in [0.3, 0.4) is 0 Å². The summed E-state index contributed by atoms with van der Waals surface area (Å²) in [4.78, 5) is 7.20. The zero-order chi connectivity index (χ0) is 13.1. The molecule has 100 valence electrons. The van der Waals surface area contributed by atoms with Crippen LogP contribution < -0.4 is 10.6 Å². The number of pyridine rings is 1. The smallest absolute Gasteiger partial charge is 0.129 e. The quantitative estimate of drug-likeness (QED) is 0.917. The molecule has 2 heterocycles. The van der Waals surface area contributed by atoms with Crippen molar-refractivity contribution in [2.75, 3.05) is 24.5 Å². The molecule has 1 aliphatic heterocycles. The van der Waals surface area contributed by atoms with Gasteiger partial charge in [0.05, 0.1) is 5.52 Å². The number of nitrogens with two attached hydrogens (primary N) is 1. The van der Waals surface area contributed by atoms with Crippen LogP contribution in [-0.4, -0.2) is 24.6 Å². The average molecular weight is 255 g/mol. The van der Waals surface area contributed by atoms with Crippen molar-refractivity contribution in [2.45, 2.75) is 19.3 Å². The standard InChI is InChI=1S/C16H21N3/c17-10-9-13-4-3-11-19(12-13)16-8-7-14-5-1-2-6-15(14)18-16/h1-2,5-8,13H,3-4,9-12,17H2. The van der Waals surface area contributed by atoms with Gasteiger partial charge in [0.15, 0.2) is 0 Å². The van der Waals surface area contributed by atoms with Crippen LogP contribution in [-0.2, 0) is 0 Å². The Bertz CT molecular complexity index is 550. The minimum atomic E-state index is 0.729. The molecule has 0 bridgehead atoms. The molecule has 1 unspecified atom stereocenters. The first-order valence-electron chi connectivity index (χ1n) is 7.17. The van der Waals surface area contributed by atoms with Gasteiger partial charge in [-0.25, -0.2) is 4.98 Å². The molecule has 1 fully saturated rings. The highest BCUT2D eigenvalue weighted by Crippen LogP contribution is 2.25. The fourth-order valence-electron chi connectivity index (χ4n) is 2.98. The Morgan fingerprint density at radius 3 is 3.00 bits per heavy atom. The molecule has 1 aromatic carbocycles. The van der Waals surface area contributed by atoms with Crippen molar-refractivity contribution < 1.29 is 0 Å². The van der Waals surface area contributed by atoms with Gasteiger partial charge in [0.2, 0.25) is 0 Å². The molecule has 1 aromatic heterocycles. The molecule has 0 amide bonds. The third-order valence-electron chi connectivity index (χ3n) is 4.00. The first-order chi connectivity index (χ1) is 9.36. The van der Waals surface area contributed by atoms with Crippen molar-refractivity contribution in [3.63, 3.8) is 0 Å². The Kier molecular flexibility index (Phi) is 3.65. The van der Waals surface area contributed by atoms with Crippen molar-refractivity contribution >= 4 is 16.7 Å². The van der Waals surface area contributed by atoms with Crippen LogP contribution in [0.2, 0.25) is 0 Å². The second kappa shape index (κ2) is 5.57. The molecule has 0 radical (unpaired) electrons. The maximum Gasteiger partial charge on any atom is 0.129 e. The molecule has 1 atom stereocenters. The van der Waals surface area contributed by atoms with Gasteiger partial charge in [-0.3, -0.25) is 0 Å². The highest BCUT2D eigenvalue weighted by molar-refractivity contribution is 5.80. The molecule has 3 heteroatoms. The second-order valence-electron chi connectivity index (χ2n) is 5.39. The van der Waals surface area contributed by atoms with Gasteiger partial charge < -0.3 is 10.6 Å². The van der Waals surface area contributed by atoms with Gasteiger partial charge in [-0.2, -0.15) is 0 Å². The number of fused-ring (bicyclic) bond motifs is 1. The van der Waals surface area contributed by atoms with Crippen LogP contribution in [0.1, 0.15) is 19.3 Å². The van der Waals surface area contributed by atoms with E-state index in [-0.39, 0.29) is 0 Å². The monoisotopic (exact) mass is 255 g/mol. The molecule has 3 nitrogen and oxygen atoms in total. The van der Waals surface area contributed by atoms with Crippen LogP contribution in [0.25, 0.3) is 10.9 Å². The largest absolute Gasteiger partial charge is 0.356 e. The summed E-state index contributed by atoms with van der Waals surface area (Å²) in [6.07, 6.45) is 3.69. The van der Waals surface area contributed by atoms with E-state index < -0.39 is 0 Å². The number of piperidine rings is 1. The van der Waals surface area contributed by atoms with Crippen molar-refractivity contribution in [3.05, 3.63) is 36.4 Å². The molecule has 0 aliphatic carbocycles. The van der Waals surface area contributed by atoms with E-state index in [1.807, 2.05) is 6.07 Å². The lowest BCUT2D eigenvalue weighted by molar-refractivity contribution is 0.394. The van der Waals surface area contributed by atoms with E-state index >= 15 is 0 Å². The lowest BCUT2D eigenvalue weighted by atomic mass is 9.95. The fourth-order valence-corrected chi connectivity index (χ4v) is 2.98. The Balaban J connectivity index is 1.83. The Labute approximate surface area is 114 Å². The third-order valence-corrected chi connectivity index (χ3v) is 4.00. The van der Waals surface area contributed by atoms with Crippen molar-refractivity contribution in [2.24, 2.45) is 11.7 Å². The molecule has 3 rings (SSSR count). The third kappa shape index (κ3) is 2.71. The summed E-state index contributed by atoms with van der Waals surface area (Å²) in [5.74, 6) is 1.84. The van der Waals surface area contributed by atoms with Crippen LogP contribution >= 0.6 is 0 Å². The van der Waals surface area contributed by atoms with Gasteiger partial charge in [0, 0.05) is 18.5 Å². The number of hydrogen-bond acceptors (Lipinski definition) is 3. The Hall–Kier alpha value is -1.61. The van der Waals surface area contributed by atoms with Crippen molar-refractivity contribution in [3.8, 4) is 0 Å². The SMILES string of the molecule is NCCC1CCCN(c2ccc3ccccc3n2)C1. The zero-order valence-corrected chi connectivity index (χ0v) is 11.3. The van der Waals surface area contributed by atoms with Gasteiger partial charge in [-0.15, -0.1) is 0 Å².